The molecule has 0 N–H and O–H groups in total. The fraction of sp³-hybridized carbons (Fsp3) is 0.429. The van der Waals surface area contributed by atoms with Crippen LogP contribution in [-0.4, -0.2) is 26.5 Å². The molecule has 0 saturated heterocycles. The molecule has 4 nitrogen and oxygen atoms in total. The monoisotopic (exact) mass is 276 g/mol. The summed E-state index contributed by atoms with van der Waals surface area (Å²) < 4.78 is 1.92. The van der Waals surface area contributed by atoms with E-state index in [1.807, 2.05) is 36.6 Å². The van der Waals surface area contributed by atoms with E-state index in [1.165, 1.54) is 0 Å². The third kappa shape index (κ3) is 2.42. The van der Waals surface area contributed by atoms with Crippen LogP contribution in [0.1, 0.15) is 18.1 Å². The van der Waals surface area contributed by atoms with Gasteiger partial charge in [-0.15, -0.1) is 0 Å². The second kappa shape index (κ2) is 4.81. The highest BCUT2D eigenvalue weighted by Crippen LogP contribution is 2.34. The van der Waals surface area contributed by atoms with Crippen molar-refractivity contribution in [3.8, 4) is 0 Å². The lowest BCUT2D eigenvalue weighted by Gasteiger charge is -2.30. The standard InChI is InChI=1S/C14H20N2O2Si/c1-6-18-15-13-11-9-10(2)7-8-12(11)16(14(13)17)19(3,4)5/h7-9H,6H2,1-5H3/b15-13-. The second-order valence-corrected chi connectivity index (χ2v) is 10.5. The van der Waals surface area contributed by atoms with Crippen molar-refractivity contribution in [3.63, 3.8) is 0 Å². The Morgan fingerprint density at radius 2 is 2.00 bits per heavy atom. The van der Waals surface area contributed by atoms with Crippen molar-refractivity contribution in [3.05, 3.63) is 29.3 Å². The van der Waals surface area contributed by atoms with Crippen molar-refractivity contribution in [1.29, 1.82) is 0 Å². The molecule has 0 unspecified atom stereocenters. The van der Waals surface area contributed by atoms with Crippen LogP contribution in [0.4, 0.5) is 5.69 Å². The molecule has 1 aliphatic heterocycles. The predicted molar refractivity (Wildman–Crippen MR) is 80.2 cm³/mol. The Kier molecular flexibility index (Phi) is 3.49. The maximum absolute atomic E-state index is 12.6. The quantitative estimate of drug-likeness (QED) is 0.629. The molecule has 1 heterocycles. The van der Waals surface area contributed by atoms with Crippen molar-refractivity contribution < 1.29 is 9.63 Å². The van der Waals surface area contributed by atoms with Crippen molar-refractivity contribution in [2.75, 3.05) is 11.2 Å². The number of hydrogen-bond acceptors (Lipinski definition) is 3. The molecule has 102 valence electrons. The van der Waals surface area contributed by atoms with Crippen LogP contribution in [0.25, 0.3) is 0 Å². The van der Waals surface area contributed by atoms with E-state index in [1.54, 1.807) is 0 Å². The number of oxime groups is 1. The van der Waals surface area contributed by atoms with Crippen LogP contribution in [0.15, 0.2) is 23.4 Å². The molecule has 0 radical (unpaired) electrons. The molecule has 0 atom stereocenters. The van der Waals surface area contributed by atoms with Gasteiger partial charge in [-0.1, -0.05) is 36.4 Å². The zero-order valence-corrected chi connectivity index (χ0v) is 13.2. The first-order valence-corrected chi connectivity index (χ1v) is 9.96. The van der Waals surface area contributed by atoms with Gasteiger partial charge < -0.3 is 9.40 Å². The molecule has 0 fully saturated rings. The van der Waals surface area contributed by atoms with E-state index >= 15 is 0 Å². The number of rotatable bonds is 3. The topological polar surface area (TPSA) is 41.9 Å². The molecule has 0 aromatic heterocycles. The summed E-state index contributed by atoms with van der Waals surface area (Å²) in [6, 6.07) is 6.05. The first-order valence-electron chi connectivity index (χ1n) is 6.51. The van der Waals surface area contributed by atoms with Crippen LogP contribution in [0, 0.1) is 6.92 Å². The summed E-state index contributed by atoms with van der Waals surface area (Å²) >= 11 is 0. The highest BCUT2D eigenvalue weighted by atomic mass is 28.3. The smallest absolute Gasteiger partial charge is 0.273 e. The fourth-order valence-electron chi connectivity index (χ4n) is 2.25. The highest BCUT2D eigenvalue weighted by molar-refractivity contribution is 6.87. The summed E-state index contributed by atoms with van der Waals surface area (Å²) in [5.41, 5.74) is 3.41. The first-order chi connectivity index (χ1) is 8.86. The number of fused-ring (bicyclic) bond motifs is 1. The lowest BCUT2D eigenvalue weighted by molar-refractivity contribution is -0.111. The van der Waals surface area contributed by atoms with Gasteiger partial charge in [0.1, 0.15) is 6.61 Å². The third-order valence-electron chi connectivity index (χ3n) is 3.01. The Labute approximate surface area is 115 Å². The Morgan fingerprint density at radius 1 is 1.32 bits per heavy atom. The van der Waals surface area contributed by atoms with Gasteiger partial charge in [0, 0.05) is 11.3 Å². The average molecular weight is 276 g/mol. The van der Waals surface area contributed by atoms with E-state index < -0.39 is 8.24 Å². The summed E-state index contributed by atoms with van der Waals surface area (Å²) in [5.74, 6) is -0.0341. The molecule has 1 aromatic rings. The number of benzene rings is 1. The van der Waals surface area contributed by atoms with Gasteiger partial charge >= 0.3 is 0 Å². The average Bonchev–Trinajstić information content (AvgIpc) is 2.58. The molecular weight excluding hydrogens is 256 g/mol. The summed E-state index contributed by atoms with van der Waals surface area (Å²) in [5, 5.41) is 4.02. The van der Waals surface area contributed by atoms with Crippen LogP contribution in [0.2, 0.25) is 19.6 Å². The second-order valence-electron chi connectivity index (χ2n) is 5.69. The van der Waals surface area contributed by atoms with E-state index in [0.29, 0.717) is 12.3 Å². The van der Waals surface area contributed by atoms with Crippen molar-refractivity contribution >= 4 is 25.5 Å². The number of aryl methyl sites for hydroxylation is 1. The van der Waals surface area contributed by atoms with E-state index in [0.717, 1.165) is 16.8 Å². The van der Waals surface area contributed by atoms with Gasteiger partial charge in [0.05, 0.1) is 0 Å². The van der Waals surface area contributed by atoms with Gasteiger partial charge in [-0.3, -0.25) is 4.79 Å². The first kappa shape index (κ1) is 13.8. The van der Waals surface area contributed by atoms with Crippen LogP contribution in [0.5, 0.6) is 0 Å². The van der Waals surface area contributed by atoms with Crippen molar-refractivity contribution in [1.82, 2.24) is 0 Å². The Morgan fingerprint density at radius 3 is 2.58 bits per heavy atom. The number of carbonyl (C=O) groups is 1. The maximum Gasteiger partial charge on any atom is 0.273 e. The van der Waals surface area contributed by atoms with Crippen LogP contribution in [0.3, 0.4) is 0 Å². The molecule has 5 heteroatoms. The zero-order chi connectivity index (χ0) is 14.2. The summed E-state index contributed by atoms with van der Waals surface area (Å²) in [6.45, 7) is 10.8. The largest absolute Gasteiger partial charge is 0.395 e. The van der Waals surface area contributed by atoms with Gasteiger partial charge in [-0.25, -0.2) is 0 Å². The SMILES string of the molecule is CCO/N=C1\C(=O)N([Si](C)(C)C)c2ccc(C)cc21. The maximum atomic E-state index is 12.6. The van der Waals surface area contributed by atoms with Crippen LogP contribution >= 0.6 is 0 Å². The van der Waals surface area contributed by atoms with Gasteiger partial charge in [0.2, 0.25) is 0 Å². The summed E-state index contributed by atoms with van der Waals surface area (Å²) in [6.07, 6.45) is 0. The molecule has 1 aromatic carbocycles. The molecule has 1 amide bonds. The number of hydrogen-bond donors (Lipinski definition) is 0. The van der Waals surface area contributed by atoms with Crippen molar-refractivity contribution in [2.45, 2.75) is 33.5 Å². The minimum Gasteiger partial charge on any atom is -0.395 e. The normalized spacial score (nSPS) is 17.0. The fourth-order valence-corrected chi connectivity index (χ4v) is 3.88. The van der Waals surface area contributed by atoms with Crippen LogP contribution < -0.4 is 4.57 Å². The lowest BCUT2D eigenvalue weighted by Crippen LogP contribution is -2.49. The molecule has 0 spiro atoms. The molecule has 0 saturated carbocycles. The summed E-state index contributed by atoms with van der Waals surface area (Å²) in [7, 11) is -1.79. The Balaban J connectivity index is 2.59. The highest BCUT2D eigenvalue weighted by Gasteiger charge is 2.41. The minimum atomic E-state index is -1.79. The van der Waals surface area contributed by atoms with E-state index in [9.17, 15) is 4.79 Å². The minimum absolute atomic E-state index is 0.0341. The van der Waals surface area contributed by atoms with E-state index in [2.05, 4.69) is 24.8 Å². The Hall–Kier alpha value is -1.62. The number of nitrogens with zero attached hydrogens (tertiary/aromatic N) is 2. The third-order valence-corrected chi connectivity index (χ3v) is 4.80. The molecule has 2 rings (SSSR count). The molecule has 0 aliphatic carbocycles. The molecule has 19 heavy (non-hydrogen) atoms. The Bertz CT molecular complexity index is 547. The van der Waals surface area contributed by atoms with Gasteiger partial charge in [0.25, 0.3) is 5.91 Å². The zero-order valence-electron chi connectivity index (χ0n) is 12.2. The predicted octanol–water partition coefficient (Wildman–Crippen LogP) is 2.92. The molecule has 0 bridgehead atoms. The number of carbonyl (C=O) groups excluding carboxylic acids is 1. The van der Waals surface area contributed by atoms with Crippen LogP contribution in [-0.2, 0) is 9.63 Å². The van der Waals surface area contributed by atoms with Gasteiger partial charge in [-0.05, 0) is 26.0 Å². The number of anilines is 1. The number of amides is 1. The molecule has 1 aliphatic rings. The summed E-state index contributed by atoms with van der Waals surface area (Å²) in [4.78, 5) is 17.7. The molecular formula is C14H20N2O2Si. The lowest BCUT2D eigenvalue weighted by atomic mass is 10.1. The van der Waals surface area contributed by atoms with Crippen molar-refractivity contribution in [2.24, 2.45) is 5.16 Å². The van der Waals surface area contributed by atoms with Gasteiger partial charge in [-0.2, -0.15) is 0 Å². The van der Waals surface area contributed by atoms with Gasteiger partial charge in [0.15, 0.2) is 13.9 Å². The van der Waals surface area contributed by atoms with E-state index in [-0.39, 0.29) is 5.91 Å². The van der Waals surface area contributed by atoms with E-state index in [4.69, 9.17) is 4.84 Å².